The molecular weight excluding hydrogens is 442 g/mol. The van der Waals surface area contributed by atoms with Crippen molar-refractivity contribution in [3.8, 4) is 11.1 Å². The molecule has 190 valence electrons. The molecule has 4 N–H and O–H groups in total. The highest BCUT2D eigenvalue weighted by molar-refractivity contribution is 5.97. The van der Waals surface area contributed by atoms with E-state index in [1.165, 1.54) is 6.42 Å². The number of rotatable bonds is 7. The first-order valence-corrected chi connectivity index (χ1v) is 13.1. The maximum atomic E-state index is 13.5. The lowest BCUT2D eigenvalue weighted by molar-refractivity contribution is -0.119. The van der Waals surface area contributed by atoms with Gasteiger partial charge in [-0.2, -0.15) is 5.10 Å². The molecule has 8 heteroatoms. The quantitative estimate of drug-likeness (QED) is 0.466. The van der Waals surface area contributed by atoms with Crippen LogP contribution < -0.4 is 10.6 Å². The number of carbonyl (C=O) groups excluding carboxylic acids is 2. The fourth-order valence-electron chi connectivity index (χ4n) is 5.71. The van der Waals surface area contributed by atoms with Gasteiger partial charge in [0.15, 0.2) is 0 Å². The largest absolute Gasteiger partial charge is 0.396 e. The number of piperidine rings is 1. The van der Waals surface area contributed by atoms with Gasteiger partial charge in [0, 0.05) is 36.1 Å². The van der Waals surface area contributed by atoms with E-state index in [-0.39, 0.29) is 30.5 Å². The molecule has 2 heterocycles. The van der Waals surface area contributed by atoms with Gasteiger partial charge in [-0.15, -0.1) is 0 Å². The SMILES string of the molecule is Cc1n[nH]c(C)c1-c1ccc(NC(=O)C(NC(=O)N2CCCCC2CCO)C2CCCCC2)cc1. The first kappa shape index (κ1) is 25.2. The van der Waals surface area contributed by atoms with Crippen LogP contribution in [-0.4, -0.2) is 57.4 Å². The minimum absolute atomic E-state index is 0.0335. The molecule has 1 aromatic carbocycles. The summed E-state index contributed by atoms with van der Waals surface area (Å²) in [4.78, 5) is 28.6. The number of benzene rings is 1. The number of hydrogen-bond acceptors (Lipinski definition) is 4. The summed E-state index contributed by atoms with van der Waals surface area (Å²) in [5.41, 5.74) is 4.79. The molecule has 2 unspecified atom stereocenters. The molecular formula is C27H39N5O3. The van der Waals surface area contributed by atoms with Crippen LogP contribution in [0.25, 0.3) is 11.1 Å². The van der Waals surface area contributed by atoms with E-state index in [0.717, 1.165) is 67.5 Å². The van der Waals surface area contributed by atoms with Crippen molar-refractivity contribution < 1.29 is 14.7 Å². The molecule has 3 amide bonds. The molecule has 2 aromatic rings. The van der Waals surface area contributed by atoms with E-state index < -0.39 is 6.04 Å². The van der Waals surface area contributed by atoms with Crippen molar-refractivity contribution in [3.05, 3.63) is 35.7 Å². The van der Waals surface area contributed by atoms with Gasteiger partial charge in [-0.05, 0) is 76.0 Å². The lowest BCUT2D eigenvalue weighted by Gasteiger charge is -2.38. The van der Waals surface area contributed by atoms with Crippen molar-refractivity contribution in [3.63, 3.8) is 0 Å². The highest BCUT2D eigenvalue weighted by Crippen LogP contribution is 2.29. The molecule has 2 aliphatic rings. The molecule has 1 aliphatic carbocycles. The van der Waals surface area contributed by atoms with Gasteiger partial charge in [0.25, 0.3) is 0 Å². The summed E-state index contributed by atoms with van der Waals surface area (Å²) >= 11 is 0. The molecule has 35 heavy (non-hydrogen) atoms. The van der Waals surface area contributed by atoms with Crippen molar-refractivity contribution in [2.45, 2.75) is 83.7 Å². The summed E-state index contributed by atoms with van der Waals surface area (Å²) in [7, 11) is 0. The summed E-state index contributed by atoms with van der Waals surface area (Å²) in [6.45, 7) is 4.70. The van der Waals surface area contributed by atoms with Crippen molar-refractivity contribution in [2.75, 3.05) is 18.5 Å². The van der Waals surface area contributed by atoms with E-state index in [0.29, 0.717) is 18.7 Å². The Morgan fingerprint density at radius 3 is 2.46 bits per heavy atom. The summed E-state index contributed by atoms with van der Waals surface area (Å²) in [5.74, 6) is -0.0336. The molecule has 0 spiro atoms. The van der Waals surface area contributed by atoms with Crippen LogP contribution >= 0.6 is 0 Å². The second-order valence-electron chi connectivity index (χ2n) is 10.1. The zero-order valence-corrected chi connectivity index (χ0v) is 21.0. The van der Waals surface area contributed by atoms with E-state index in [1.54, 1.807) is 0 Å². The average molecular weight is 482 g/mol. The van der Waals surface area contributed by atoms with Gasteiger partial charge in [0.1, 0.15) is 6.04 Å². The molecule has 8 nitrogen and oxygen atoms in total. The van der Waals surface area contributed by atoms with Gasteiger partial charge in [0.2, 0.25) is 5.91 Å². The number of nitrogens with one attached hydrogen (secondary N) is 3. The molecule has 0 bridgehead atoms. The van der Waals surface area contributed by atoms with Crippen molar-refractivity contribution in [1.29, 1.82) is 0 Å². The van der Waals surface area contributed by atoms with Crippen LogP contribution in [0.4, 0.5) is 10.5 Å². The highest BCUT2D eigenvalue weighted by atomic mass is 16.3. The molecule has 2 fully saturated rings. The Morgan fingerprint density at radius 1 is 1.09 bits per heavy atom. The third kappa shape index (κ3) is 6.04. The van der Waals surface area contributed by atoms with E-state index in [4.69, 9.17) is 0 Å². The Labute approximate surface area is 207 Å². The number of carbonyl (C=O) groups is 2. The Hall–Kier alpha value is -2.87. The van der Waals surface area contributed by atoms with E-state index >= 15 is 0 Å². The van der Waals surface area contributed by atoms with Crippen molar-refractivity contribution in [1.82, 2.24) is 20.4 Å². The fourth-order valence-corrected chi connectivity index (χ4v) is 5.71. The molecule has 0 radical (unpaired) electrons. The lowest BCUT2D eigenvalue weighted by Crippen LogP contribution is -2.56. The first-order chi connectivity index (χ1) is 17.0. The summed E-state index contributed by atoms with van der Waals surface area (Å²) < 4.78 is 0. The predicted octanol–water partition coefficient (Wildman–Crippen LogP) is 4.53. The van der Waals surface area contributed by atoms with Crippen LogP contribution in [0.1, 0.15) is 69.2 Å². The number of amides is 3. The Kier molecular flexibility index (Phi) is 8.44. The average Bonchev–Trinajstić information content (AvgIpc) is 3.21. The predicted molar refractivity (Wildman–Crippen MR) is 137 cm³/mol. The standard InChI is InChI=1S/C27H39N5O3/c1-18-24(19(2)31-30-18)20-11-13-22(14-12-20)28-26(34)25(21-8-4-3-5-9-21)29-27(35)32-16-7-6-10-23(32)15-17-33/h11-14,21,23,25,33H,3-10,15-17H2,1-2H3,(H,28,34)(H,29,35)(H,30,31). The van der Waals surface area contributed by atoms with Crippen LogP contribution in [0, 0.1) is 19.8 Å². The van der Waals surface area contributed by atoms with Crippen molar-refractivity contribution in [2.24, 2.45) is 5.92 Å². The second-order valence-corrected chi connectivity index (χ2v) is 10.1. The third-order valence-electron chi connectivity index (χ3n) is 7.60. The zero-order chi connectivity index (χ0) is 24.8. The first-order valence-electron chi connectivity index (χ1n) is 13.1. The van der Waals surface area contributed by atoms with Gasteiger partial charge < -0.3 is 20.6 Å². The number of aryl methyl sites for hydroxylation is 2. The lowest BCUT2D eigenvalue weighted by atomic mass is 9.83. The number of likely N-dealkylation sites (tertiary alicyclic amines) is 1. The summed E-state index contributed by atoms with van der Waals surface area (Å²) in [6, 6.07) is 7.06. The number of aliphatic hydroxyl groups is 1. The number of nitrogens with zero attached hydrogens (tertiary/aromatic N) is 2. The van der Waals surface area contributed by atoms with Crippen LogP contribution in [0.3, 0.4) is 0 Å². The smallest absolute Gasteiger partial charge is 0.318 e. The van der Waals surface area contributed by atoms with Crippen LogP contribution in [-0.2, 0) is 4.79 Å². The minimum atomic E-state index is -0.572. The molecule has 1 aromatic heterocycles. The van der Waals surface area contributed by atoms with Gasteiger partial charge >= 0.3 is 6.03 Å². The third-order valence-corrected chi connectivity index (χ3v) is 7.60. The van der Waals surface area contributed by atoms with Crippen molar-refractivity contribution >= 4 is 17.6 Å². The van der Waals surface area contributed by atoms with E-state index in [9.17, 15) is 14.7 Å². The van der Waals surface area contributed by atoms with Crippen LogP contribution in [0.2, 0.25) is 0 Å². The number of urea groups is 1. The molecule has 1 aliphatic heterocycles. The number of anilines is 1. The molecule has 2 atom stereocenters. The fraction of sp³-hybridized carbons (Fsp3) is 0.593. The number of aromatic amines is 1. The topological polar surface area (TPSA) is 110 Å². The summed E-state index contributed by atoms with van der Waals surface area (Å²) in [5, 5.41) is 22.9. The number of H-pyrrole nitrogens is 1. The maximum absolute atomic E-state index is 13.5. The Morgan fingerprint density at radius 2 is 1.80 bits per heavy atom. The number of aliphatic hydroxyl groups excluding tert-OH is 1. The normalized spacial score (nSPS) is 19.9. The number of hydrogen-bond donors (Lipinski definition) is 4. The van der Waals surface area contributed by atoms with Crippen LogP contribution in [0.15, 0.2) is 24.3 Å². The Balaban J connectivity index is 1.47. The Bertz CT molecular complexity index is 975. The maximum Gasteiger partial charge on any atom is 0.318 e. The highest BCUT2D eigenvalue weighted by Gasteiger charge is 2.34. The van der Waals surface area contributed by atoms with E-state index in [2.05, 4.69) is 20.8 Å². The minimum Gasteiger partial charge on any atom is -0.396 e. The summed E-state index contributed by atoms with van der Waals surface area (Å²) in [6.07, 6.45) is 8.72. The zero-order valence-electron chi connectivity index (χ0n) is 21.0. The second kappa shape index (κ2) is 11.7. The van der Waals surface area contributed by atoms with E-state index in [1.807, 2.05) is 43.0 Å². The van der Waals surface area contributed by atoms with Gasteiger partial charge in [0.05, 0.1) is 5.69 Å². The molecule has 4 rings (SSSR count). The monoisotopic (exact) mass is 481 g/mol. The van der Waals surface area contributed by atoms with Gasteiger partial charge in [-0.3, -0.25) is 9.89 Å². The van der Waals surface area contributed by atoms with Gasteiger partial charge in [-0.25, -0.2) is 4.79 Å². The molecule has 1 saturated heterocycles. The number of aromatic nitrogens is 2. The molecule has 1 saturated carbocycles. The van der Waals surface area contributed by atoms with Gasteiger partial charge in [-0.1, -0.05) is 31.4 Å². The van der Waals surface area contributed by atoms with Crippen LogP contribution in [0.5, 0.6) is 0 Å².